The van der Waals surface area contributed by atoms with Gasteiger partial charge in [-0.3, -0.25) is 0 Å². The van der Waals surface area contributed by atoms with E-state index in [1.807, 2.05) is 0 Å². The Morgan fingerprint density at radius 3 is 2.81 bits per heavy atom. The SMILES string of the molecule is Cc1cccc(CCNc2ncc(C#N)c(N[C@H]3CC[C@H](O)CC3)n2)c1. The van der Waals surface area contributed by atoms with Crippen LogP contribution in [0.25, 0.3) is 0 Å². The lowest BCUT2D eigenvalue weighted by Crippen LogP contribution is -2.29. The van der Waals surface area contributed by atoms with E-state index in [1.165, 1.54) is 11.1 Å². The molecule has 1 aliphatic carbocycles. The molecule has 0 saturated heterocycles. The molecular formula is C20H25N5O. The Kier molecular flexibility index (Phi) is 6.03. The van der Waals surface area contributed by atoms with E-state index in [1.54, 1.807) is 6.20 Å². The van der Waals surface area contributed by atoms with Gasteiger partial charge in [-0.05, 0) is 44.6 Å². The summed E-state index contributed by atoms with van der Waals surface area (Å²) in [6, 6.07) is 10.8. The van der Waals surface area contributed by atoms with Gasteiger partial charge in [0.25, 0.3) is 0 Å². The number of aromatic nitrogens is 2. The van der Waals surface area contributed by atoms with E-state index >= 15 is 0 Å². The Morgan fingerprint density at radius 2 is 2.08 bits per heavy atom. The van der Waals surface area contributed by atoms with Gasteiger partial charge in [-0.1, -0.05) is 29.8 Å². The Morgan fingerprint density at radius 1 is 1.27 bits per heavy atom. The number of anilines is 2. The number of benzene rings is 1. The summed E-state index contributed by atoms with van der Waals surface area (Å²) in [6.45, 7) is 2.81. The molecule has 3 N–H and O–H groups in total. The highest BCUT2D eigenvalue weighted by Crippen LogP contribution is 2.23. The first-order valence-electron chi connectivity index (χ1n) is 9.15. The van der Waals surface area contributed by atoms with Crippen molar-refractivity contribution in [1.29, 1.82) is 5.26 Å². The molecule has 136 valence electrons. The summed E-state index contributed by atoms with van der Waals surface area (Å²) in [7, 11) is 0. The molecule has 0 radical (unpaired) electrons. The van der Waals surface area contributed by atoms with Gasteiger partial charge in [0.15, 0.2) is 0 Å². The smallest absolute Gasteiger partial charge is 0.224 e. The van der Waals surface area contributed by atoms with Crippen molar-refractivity contribution in [3.63, 3.8) is 0 Å². The highest BCUT2D eigenvalue weighted by molar-refractivity contribution is 5.54. The molecule has 26 heavy (non-hydrogen) atoms. The lowest BCUT2D eigenvalue weighted by Gasteiger charge is -2.26. The van der Waals surface area contributed by atoms with Crippen LogP contribution in [0.5, 0.6) is 0 Å². The summed E-state index contributed by atoms with van der Waals surface area (Å²) < 4.78 is 0. The third-order valence-corrected chi connectivity index (χ3v) is 4.73. The van der Waals surface area contributed by atoms with Crippen molar-refractivity contribution >= 4 is 11.8 Å². The second-order valence-electron chi connectivity index (χ2n) is 6.88. The maximum atomic E-state index is 9.63. The highest BCUT2D eigenvalue weighted by atomic mass is 16.3. The van der Waals surface area contributed by atoms with Crippen LogP contribution >= 0.6 is 0 Å². The third kappa shape index (κ3) is 4.93. The summed E-state index contributed by atoms with van der Waals surface area (Å²) in [5.74, 6) is 1.09. The lowest BCUT2D eigenvalue weighted by atomic mass is 9.93. The van der Waals surface area contributed by atoms with Gasteiger partial charge in [0.2, 0.25) is 5.95 Å². The van der Waals surface area contributed by atoms with Crippen molar-refractivity contribution in [2.75, 3.05) is 17.2 Å². The number of rotatable bonds is 6. The minimum atomic E-state index is -0.201. The van der Waals surface area contributed by atoms with E-state index in [9.17, 15) is 10.4 Å². The molecule has 0 bridgehead atoms. The van der Waals surface area contributed by atoms with Gasteiger partial charge in [0.1, 0.15) is 17.5 Å². The first-order chi connectivity index (χ1) is 12.6. The van der Waals surface area contributed by atoms with Crippen molar-refractivity contribution in [2.24, 2.45) is 0 Å². The number of hydrogen-bond acceptors (Lipinski definition) is 6. The quantitative estimate of drug-likeness (QED) is 0.741. The van der Waals surface area contributed by atoms with E-state index in [2.05, 4.69) is 57.9 Å². The topological polar surface area (TPSA) is 93.9 Å². The monoisotopic (exact) mass is 351 g/mol. The minimum Gasteiger partial charge on any atom is -0.393 e. The summed E-state index contributed by atoms with van der Waals surface area (Å²) in [6.07, 6.45) is 5.57. The van der Waals surface area contributed by atoms with E-state index < -0.39 is 0 Å². The molecule has 6 nitrogen and oxygen atoms in total. The molecule has 1 fully saturated rings. The molecule has 0 amide bonds. The normalized spacial score (nSPS) is 19.6. The van der Waals surface area contributed by atoms with Gasteiger partial charge >= 0.3 is 0 Å². The van der Waals surface area contributed by atoms with Crippen molar-refractivity contribution < 1.29 is 5.11 Å². The molecule has 1 saturated carbocycles. The Bertz CT molecular complexity index is 778. The largest absolute Gasteiger partial charge is 0.393 e. The van der Waals surface area contributed by atoms with Crippen LogP contribution in [0.1, 0.15) is 42.4 Å². The molecule has 1 aromatic heterocycles. The maximum absolute atomic E-state index is 9.63. The van der Waals surface area contributed by atoms with Gasteiger partial charge in [0.05, 0.1) is 12.3 Å². The van der Waals surface area contributed by atoms with Crippen LogP contribution in [0.3, 0.4) is 0 Å². The second-order valence-corrected chi connectivity index (χ2v) is 6.88. The van der Waals surface area contributed by atoms with E-state index in [-0.39, 0.29) is 12.1 Å². The molecular weight excluding hydrogens is 326 g/mol. The first kappa shape index (κ1) is 18.2. The van der Waals surface area contributed by atoms with Crippen molar-refractivity contribution in [2.45, 2.75) is 51.2 Å². The predicted molar refractivity (Wildman–Crippen MR) is 102 cm³/mol. The standard InChI is InChI=1S/C20H25N5O/c1-14-3-2-4-15(11-14)9-10-22-20-23-13-16(12-21)19(25-20)24-17-5-7-18(26)8-6-17/h2-4,11,13,17-18,26H,5-10H2,1H3,(H2,22,23,24,25)/t17-,18-. The van der Waals surface area contributed by atoms with Gasteiger partial charge in [0, 0.05) is 12.6 Å². The van der Waals surface area contributed by atoms with Crippen molar-refractivity contribution in [3.8, 4) is 6.07 Å². The zero-order valence-corrected chi connectivity index (χ0v) is 15.1. The Balaban J connectivity index is 1.60. The van der Waals surface area contributed by atoms with Crippen molar-refractivity contribution in [1.82, 2.24) is 9.97 Å². The summed E-state index contributed by atoms with van der Waals surface area (Å²) in [5.41, 5.74) is 2.96. The first-order valence-corrected chi connectivity index (χ1v) is 9.15. The molecule has 1 aliphatic rings. The number of nitrogens with zero attached hydrogens (tertiary/aromatic N) is 3. The van der Waals surface area contributed by atoms with E-state index in [0.29, 0.717) is 17.3 Å². The minimum absolute atomic E-state index is 0.201. The average Bonchev–Trinajstić information content (AvgIpc) is 2.64. The molecule has 1 aromatic carbocycles. The highest BCUT2D eigenvalue weighted by Gasteiger charge is 2.20. The fraction of sp³-hybridized carbons (Fsp3) is 0.450. The molecule has 0 spiro atoms. The zero-order chi connectivity index (χ0) is 18.4. The second kappa shape index (κ2) is 8.63. The molecule has 0 unspecified atom stereocenters. The fourth-order valence-corrected chi connectivity index (χ4v) is 3.26. The number of nitriles is 1. The number of nitrogens with one attached hydrogen (secondary N) is 2. The molecule has 3 rings (SSSR count). The maximum Gasteiger partial charge on any atom is 0.224 e. The number of aryl methyl sites for hydroxylation is 1. The number of aliphatic hydroxyl groups excluding tert-OH is 1. The van der Waals surface area contributed by atoms with Crippen LogP contribution in [-0.2, 0) is 6.42 Å². The average molecular weight is 351 g/mol. The molecule has 1 heterocycles. The van der Waals surface area contributed by atoms with Gasteiger partial charge in [-0.25, -0.2) is 4.98 Å². The van der Waals surface area contributed by atoms with Gasteiger partial charge in [-0.15, -0.1) is 0 Å². The van der Waals surface area contributed by atoms with Crippen LogP contribution in [-0.4, -0.2) is 33.8 Å². The van der Waals surface area contributed by atoms with Gasteiger partial charge < -0.3 is 15.7 Å². The molecule has 6 heteroatoms. The predicted octanol–water partition coefficient (Wildman–Crippen LogP) is 3.03. The van der Waals surface area contributed by atoms with Crippen LogP contribution in [0.4, 0.5) is 11.8 Å². The zero-order valence-electron chi connectivity index (χ0n) is 15.1. The summed E-state index contributed by atoms with van der Waals surface area (Å²) >= 11 is 0. The van der Waals surface area contributed by atoms with E-state index in [4.69, 9.17) is 0 Å². The van der Waals surface area contributed by atoms with Crippen LogP contribution in [0, 0.1) is 18.3 Å². The van der Waals surface area contributed by atoms with Crippen LogP contribution < -0.4 is 10.6 Å². The van der Waals surface area contributed by atoms with Crippen LogP contribution in [0.15, 0.2) is 30.5 Å². The van der Waals surface area contributed by atoms with Crippen molar-refractivity contribution in [3.05, 3.63) is 47.2 Å². The van der Waals surface area contributed by atoms with E-state index in [0.717, 1.165) is 38.6 Å². The van der Waals surface area contributed by atoms with Crippen LogP contribution in [0.2, 0.25) is 0 Å². The molecule has 0 atom stereocenters. The molecule has 2 aromatic rings. The summed E-state index contributed by atoms with van der Waals surface area (Å²) in [4.78, 5) is 8.73. The Labute approximate surface area is 154 Å². The Hall–Kier alpha value is -2.65. The lowest BCUT2D eigenvalue weighted by molar-refractivity contribution is 0.126. The third-order valence-electron chi connectivity index (χ3n) is 4.73. The molecule has 0 aliphatic heterocycles. The fourth-order valence-electron chi connectivity index (χ4n) is 3.26. The number of aliphatic hydroxyl groups is 1. The summed E-state index contributed by atoms with van der Waals surface area (Å²) in [5, 5.41) is 25.5. The number of hydrogen-bond donors (Lipinski definition) is 3. The van der Waals surface area contributed by atoms with Gasteiger partial charge in [-0.2, -0.15) is 10.2 Å².